The summed E-state index contributed by atoms with van der Waals surface area (Å²) in [5.41, 5.74) is 4.42. The molecule has 0 saturated carbocycles. The molecule has 0 spiro atoms. The summed E-state index contributed by atoms with van der Waals surface area (Å²) in [6.07, 6.45) is 1.88. The summed E-state index contributed by atoms with van der Waals surface area (Å²) in [6, 6.07) is 8.55. The lowest BCUT2D eigenvalue weighted by atomic mass is 10.1. The van der Waals surface area contributed by atoms with Crippen LogP contribution in [0, 0.1) is 6.92 Å². The van der Waals surface area contributed by atoms with Crippen molar-refractivity contribution in [3.05, 3.63) is 53.1 Å². The highest BCUT2D eigenvalue weighted by atomic mass is 35.5. The highest BCUT2D eigenvalue weighted by Gasteiger charge is 2.12. The van der Waals surface area contributed by atoms with E-state index in [0.717, 1.165) is 23.8 Å². The van der Waals surface area contributed by atoms with Gasteiger partial charge in [-0.3, -0.25) is 0 Å². The second-order valence-electron chi connectivity index (χ2n) is 5.69. The molecule has 0 unspecified atom stereocenters. The van der Waals surface area contributed by atoms with Crippen LogP contribution in [-0.4, -0.2) is 17.0 Å². The zero-order chi connectivity index (χ0) is 15.4. The molecule has 0 bridgehead atoms. The normalized spacial score (nSPS) is 11.0. The molecular formula is C17H22ClN3. The Bertz CT molecular complexity index is 593. The molecule has 0 atom stereocenters. The van der Waals surface area contributed by atoms with E-state index < -0.39 is 0 Å². The fraction of sp³-hybridized carbons (Fsp3) is 0.412. The number of halogens is 1. The highest BCUT2D eigenvalue weighted by molar-refractivity contribution is 6.17. The largest absolute Gasteiger partial charge is 0.368 e. The standard InChI is InChI=1S/C17H22ClN3/c1-12(2)17-19-10-16(15(9-18)20-17)21(4)11-14-7-5-13(3)6-8-14/h5-8,10,12H,9,11H2,1-4H3. The predicted octanol–water partition coefficient (Wildman–Crippen LogP) is 4.28. The van der Waals surface area contributed by atoms with Crippen LogP contribution in [0.4, 0.5) is 5.69 Å². The summed E-state index contributed by atoms with van der Waals surface area (Å²) in [6.45, 7) is 7.08. The van der Waals surface area contributed by atoms with E-state index in [4.69, 9.17) is 11.6 Å². The molecule has 1 aromatic carbocycles. The number of hydrogen-bond donors (Lipinski definition) is 0. The molecule has 0 radical (unpaired) electrons. The minimum absolute atomic E-state index is 0.309. The van der Waals surface area contributed by atoms with Crippen molar-refractivity contribution in [2.24, 2.45) is 0 Å². The number of alkyl halides is 1. The van der Waals surface area contributed by atoms with Crippen LogP contribution in [0.5, 0.6) is 0 Å². The van der Waals surface area contributed by atoms with Crippen molar-refractivity contribution < 1.29 is 0 Å². The van der Waals surface area contributed by atoms with E-state index >= 15 is 0 Å². The molecule has 112 valence electrons. The van der Waals surface area contributed by atoms with Crippen molar-refractivity contribution >= 4 is 17.3 Å². The third kappa shape index (κ3) is 3.94. The van der Waals surface area contributed by atoms with Gasteiger partial charge in [-0.25, -0.2) is 9.97 Å². The summed E-state index contributed by atoms with van der Waals surface area (Å²) in [4.78, 5) is 11.2. The molecule has 0 aliphatic heterocycles. The predicted molar refractivity (Wildman–Crippen MR) is 89.0 cm³/mol. The highest BCUT2D eigenvalue weighted by Crippen LogP contribution is 2.22. The first-order valence-corrected chi connectivity index (χ1v) is 7.73. The van der Waals surface area contributed by atoms with Crippen molar-refractivity contribution in [1.29, 1.82) is 0 Å². The van der Waals surface area contributed by atoms with Crippen molar-refractivity contribution in [1.82, 2.24) is 9.97 Å². The molecule has 2 aromatic rings. The van der Waals surface area contributed by atoms with Crippen molar-refractivity contribution in [2.75, 3.05) is 11.9 Å². The van der Waals surface area contributed by atoms with Gasteiger partial charge in [0.15, 0.2) is 0 Å². The fourth-order valence-electron chi connectivity index (χ4n) is 2.17. The van der Waals surface area contributed by atoms with Crippen molar-refractivity contribution in [2.45, 2.75) is 39.1 Å². The van der Waals surface area contributed by atoms with Crippen molar-refractivity contribution in [3.63, 3.8) is 0 Å². The Labute approximate surface area is 132 Å². The molecule has 0 saturated heterocycles. The Morgan fingerprint density at radius 3 is 2.43 bits per heavy atom. The van der Waals surface area contributed by atoms with Gasteiger partial charge in [-0.05, 0) is 12.5 Å². The fourth-order valence-corrected chi connectivity index (χ4v) is 2.37. The van der Waals surface area contributed by atoms with Crippen LogP contribution >= 0.6 is 11.6 Å². The van der Waals surface area contributed by atoms with Crippen LogP contribution in [0.15, 0.2) is 30.5 Å². The summed E-state index contributed by atoms with van der Waals surface area (Å²) in [5.74, 6) is 1.55. The van der Waals surface area contributed by atoms with Crippen LogP contribution < -0.4 is 4.90 Å². The minimum Gasteiger partial charge on any atom is -0.368 e. The Morgan fingerprint density at radius 1 is 1.19 bits per heavy atom. The van der Waals surface area contributed by atoms with Gasteiger partial charge in [0.05, 0.1) is 23.5 Å². The zero-order valence-electron chi connectivity index (χ0n) is 13.1. The maximum absolute atomic E-state index is 6.06. The lowest BCUT2D eigenvalue weighted by Crippen LogP contribution is -2.19. The van der Waals surface area contributed by atoms with Gasteiger partial charge in [0.25, 0.3) is 0 Å². The molecule has 0 aliphatic rings. The molecule has 21 heavy (non-hydrogen) atoms. The molecule has 1 aromatic heterocycles. The number of rotatable bonds is 5. The van der Waals surface area contributed by atoms with E-state index in [1.54, 1.807) is 0 Å². The Balaban J connectivity index is 2.22. The van der Waals surface area contributed by atoms with Gasteiger partial charge in [0, 0.05) is 19.5 Å². The molecule has 2 rings (SSSR count). The van der Waals surface area contributed by atoms with Crippen LogP contribution in [0.25, 0.3) is 0 Å². The Morgan fingerprint density at radius 2 is 1.86 bits per heavy atom. The van der Waals surface area contributed by atoms with Crippen molar-refractivity contribution in [3.8, 4) is 0 Å². The summed E-state index contributed by atoms with van der Waals surface area (Å²) < 4.78 is 0. The first-order valence-electron chi connectivity index (χ1n) is 7.19. The Hall–Kier alpha value is -1.61. The van der Waals surface area contributed by atoms with Crippen LogP contribution in [-0.2, 0) is 12.4 Å². The quantitative estimate of drug-likeness (QED) is 0.772. The number of anilines is 1. The van der Waals surface area contributed by atoms with Gasteiger partial charge in [-0.15, -0.1) is 11.6 Å². The monoisotopic (exact) mass is 303 g/mol. The van der Waals surface area contributed by atoms with Gasteiger partial charge in [0.1, 0.15) is 5.82 Å². The lowest BCUT2D eigenvalue weighted by molar-refractivity contribution is 0.758. The first-order chi connectivity index (χ1) is 10.0. The molecular weight excluding hydrogens is 282 g/mol. The Kier molecular flexibility index (Phi) is 5.18. The smallest absolute Gasteiger partial charge is 0.131 e. The third-order valence-electron chi connectivity index (χ3n) is 3.46. The number of hydrogen-bond acceptors (Lipinski definition) is 3. The minimum atomic E-state index is 0.309. The molecule has 4 heteroatoms. The summed E-state index contributed by atoms with van der Waals surface area (Å²) in [7, 11) is 2.05. The zero-order valence-corrected chi connectivity index (χ0v) is 13.9. The number of nitrogens with zero attached hydrogens (tertiary/aromatic N) is 3. The third-order valence-corrected chi connectivity index (χ3v) is 3.71. The number of benzene rings is 1. The van der Waals surface area contributed by atoms with Crippen LogP contribution in [0.3, 0.4) is 0 Å². The van der Waals surface area contributed by atoms with Gasteiger partial charge in [0.2, 0.25) is 0 Å². The first kappa shape index (κ1) is 15.8. The molecule has 3 nitrogen and oxygen atoms in total. The van der Waals surface area contributed by atoms with E-state index in [9.17, 15) is 0 Å². The number of aryl methyl sites for hydroxylation is 1. The van der Waals surface area contributed by atoms with Gasteiger partial charge in [-0.1, -0.05) is 43.7 Å². The van der Waals surface area contributed by atoms with Gasteiger partial charge in [-0.2, -0.15) is 0 Å². The lowest BCUT2D eigenvalue weighted by Gasteiger charge is -2.22. The van der Waals surface area contributed by atoms with Gasteiger partial charge < -0.3 is 4.90 Å². The molecule has 0 N–H and O–H groups in total. The summed E-state index contributed by atoms with van der Waals surface area (Å²) >= 11 is 6.06. The van der Waals surface area contributed by atoms with E-state index in [0.29, 0.717) is 11.8 Å². The maximum Gasteiger partial charge on any atom is 0.131 e. The second kappa shape index (κ2) is 6.90. The van der Waals surface area contributed by atoms with E-state index in [2.05, 4.69) is 59.9 Å². The average Bonchev–Trinajstić information content (AvgIpc) is 2.48. The van der Waals surface area contributed by atoms with Gasteiger partial charge >= 0.3 is 0 Å². The second-order valence-corrected chi connectivity index (χ2v) is 5.96. The summed E-state index contributed by atoms with van der Waals surface area (Å²) in [5, 5.41) is 0. The molecule has 1 heterocycles. The van der Waals surface area contributed by atoms with E-state index in [-0.39, 0.29) is 0 Å². The van der Waals surface area contributed by atoms with E-state index in [1.165, 1.54) is 11.1 Å². The SMILES string of the molecule is Cc1ccc(CN(C)c2cnc(C(C)C)nc2CCl)cc1. The number of aromatic nitrogens is 2. The topological polar surface area (TPSA) is 29.0 Å². The maximum atomic E-state index is 6.06. The average molecular weight is 304 g/mol. The molecule has 0 amide bonds. The molecule has 0 aliphatic carbocycles. The van der Waals surface area contributed by atoms with E-state index in [1.807, 2.05) is 13.2 Å². The van der Waals surface area contributed by atoms with Crippen LogP contribution in [0.2, 0.25) is 0 Å². The van der Waals surface area contributed by atoms with Crippen LogP contribution in [0.1, 0.15) is 42.4 Å². The molecule has 0 fully saturated rings.